The van der Waals surface area contributed by atoms with Gasteiger partial charge in [-0.3, -0.25) is 5.84 Å². The lowest BCUT2D eigenvalue weighted by molar-refractivity contribution is 0.986. The topological polar surface area (TPSA) is 85.6 Å². The Morgan fingerprint density at radius 3 is 2.47 bits per heavy atom. The Bertz CT molecular complexity index is 518. The Labute approximate surface area is 105 Å². The number of aryl methyl sites for hydroxylation is 1. The molecule has 0 saturated carbocycles. The molecule has 0 amide bonds. The summed E-state index contributed by atoms with van der Waals surface area (Å²) in [6.45, 7) is 2.01. The minimum Gasteiger partial charge on any atom is -0.322 e. The fourth-order valence-corrected chi connectivity index (χ4v) is 1.70. The SMILES string of the molecule is CCc1ccc(C(NN)=C(C#N)C#N)c(Cl)c1. The van der Waals surface area contributed by atoms with Gasteiger partial charge in [0.15, 0.2) is 5.57 Å². The highest BCUT2D eigenvalue weighted by Crippen LogP contribution is 2.25. The van der Waals surface area contributed by atoms with E-state index in [9.17, 15) is 0 Å². The third-order valence-corrected chi connectivity index (χ3v) is 2.64. The van der Waals surface area contributed by atoms with Crippen LogP contribution in [0.2, 0.25) is 5.02 Å². The van der Waals surface area contributed by atoms with Gasteiger partial charge in [-0.2, -0.15) is 10.5 Å². The predicted molar refractivity (Wildman–Crippen MR) is 66.3 cm³/mol. The minimum atomic E-state index is -0.0985. The van der Waals surface area contributed by atoms with Crippen LogP contribution in [-0.4, -0.2) is 0 Å². The molecular formula is C12H11ClN4. The van der Waals surface area contributed by atoms with Gasteiger partial charge in [0.25, 0.3) is 0 Å². The zero-order valence-electron chi connectivity index (χ0n) is 9.29. The van der Waals surface area contributed by atoms with Gasteiger partial charge in [0, 0.05) is 5.56 Å². The summed E-state index contributed by atoms with van der Waals surface area (Å²) < 4.78 is 0. The summed E-state index contributed by atoms with van der Waals surface area (Å²) in [7, 11) is 0. The number of nitrogens with two attached hydrogens (primary N) is 1. The molecule has 0 atom stereocenters. The molecule has 1 aromatic carbocycles. The van der Waals surface area contributed by atoms with E-state index in [-0.39, 0.29) is 11.3 Å². The zero-order valence-corrected chi connectivity index (χ0v) is 10.0. The second-order valence-corrected chi connectivity index (χ2v) is 3.69. The molecule has 3 N–H and O–H groups in total. The smallest absolute Gasteiger partial charge is 0.154 e. The van der Waals surface area contributed by atoms with Crippen molar-refractivity contribution in [2.75, 3.05) is 0 Å². The molecule has 0 fully saturated rings. The number of nitrogens with zero attached hydrogens (tertiary/aromatic N) is 2. The number of hydrogen-bond donors (Lipinski definition) is 2. The van der Waals surface area contributed by atoms with Crippen LogP contribution in [0.5, 0.6) is 0 Å². The summed E-state index contributed by atoms with van der Waals surface area (Å²) in [5.41, 5.74) is 4.11. The van der Waals surface area contributed by atoms with Crippen LogP contribution in [0.25, 0.3) is 5.70 Å². The molecule has 0 spiro atoms. The first-order chi connectivity index (χ1) is 8.17. The highest BCUT2D eigenvalue weighted by atomic mass is 35.5. The largest absolute Gasteiger partial charge is 0.322 e. The van der Waals surface area contributed by atoms with Crippen LogP contribution < -0.4 is 11.3 Å². The first-order valence-corrected chi connectivity index (χ1v) is 5.35. The van der Waals surface area contributed by atoms with Gasteiger partial charge in [-0.15, -0.1) is 0 Å². The molecule has 0 heterocycles. The summed E-state index contributed by atoms with van der Waals surface area (Å²) >= 11 is 6.09. The third kappa shape index (κ3) is 2.76. The number of nitrogens with one attached hydrogen (secondary N) is 1. The Morgan fingerprint density at radius 2 is 2.06 bits per heavy atom. The summed E-state index contributed by atoms with van der Waals surface area (Å²) in [6, 6.07) is 8.96. The molecule has 0 radical (unpaired) electrons. The van der Waals surface area contributed by atoms with Crippen molar-refractivity contribution in [2.45, 2.75) is 13.3 Å². The van der Waals surface area contributed by atoms with E-state index in [4.69, 9.17) is 28.0 Å². The first-order valence-electron chi connectivity index (χ1n) is 4.97. The highest BCUT2D eigenvalue weighted by molar-refractivity contribution is 6.32. The molecule has 17 heavy (non-hydrogen) atoms. The van der Waals surface area contributed by atoms with Crippen molar-refractivity contribution in [2.24, 2.45) is 5.84 Å². The number of rotatable bonds is 3. The fraction of sp³-hybridized carbons (Fsp3) is 0.167. The lowest BCUT2D eigenvalue weighted by Gasteiger charge is -2.10. The molecule has 0 aliphatic carbocycles. The maximum Gasteiger partial charge on any atom is 0.154 e. The Hall–Kier alpha value is -2.01. The van der Waals surface area contributed by atoms with E-state index in [1.165, 1.54) is 0 Å². The van der Waals surface area contributed by atoms with Crippen LogP contribution in [0.3, 0.4) is 0 Å². The minimum absolute atomic E-state index is 0.0985. The van der Waals surface area contributed by atoms with Gasteiger partial charge in [-0.05, 0) is 18.1 Å². The number of benzene rings is 1. The van der Waals surface area contributed by atoms with Gasteiger partial charge in [-0.1, -0.05) is 30.7 Å². The quantitative estimate of drug-likeness (QED) is 0.486. The Morgan fingerprint density at radius 1 is 1.41 bits per heavy atom. The van der Waals surface area contributed by atoms with E-state index >= 15 is 0 Å². The van der Waals surface area contributed by atoms with Gasteiger partial charge in [0.05, 0.1) is 10.7 Å². The summed E-state index contributed by atoms with van der Waals surface area (Å²) in [6.07, 6.45) is 0.860. The molecule has 0 saturated heterocycles. The molecule has 86 valence electrons. The maximum absolute atomic E-state index is 8.81. The summed E-state index contributed by atoms with van der Waals surface area (Å²) in [5.74, 6) is 5.33. The summed E-state index contributed by atoms with van der Waals surface area (Å²) in [4.78, 5) is 0. The highest BCUT2D eigenvalue weighted by Gasteiger charge is 2.11. The van der Waals surface area contributed by atoms with Crippen LogP contribution in [0.15, 0.2) is 23.8 Å². The van der Waals surface area contributed by atoms with Crippen LogP contribution in [-0.2, 0) is 6.42 Å². The van der Waals surface area contributed by atoms with E-state index in [0.717, 1.165) is 12.0 Å². The van der Waals surface area contributed by atoms with E-state index in [2.05, 4.69) is 5.43 Å². The van der Waals surface area contributed by atoms with Gasteiger partial charge >= 0.3 is 0 Å². The van der Waals surface area contributed by atoms with Crippen molar-refractivity contribution < 1.29 is 0 Å². The molecule has 0 aromatic heterocycles. The van der Waals surface area contributed by atoms with Gasteiger partial charge < -0.3 is 5.43 Å². The molecule has 5 heteroatoms. The van der Waals surface area contributed by atoms with Crippen molar-refractivity contribution in [3.63, 3.8) is 0 Å². The number of allylic oxidation sites excluding steroid dienone is 1. The van der Waals surface area contributed by atoms with Crippen molar-refractivity contribution in [1.29, 1.82) is 10.5 Å². The average Bonchev–Trinajstić information content (AvgIpc) is 2.36. The molecule has 0 unspecified atom stereocenters. The number of halogens is 1. The first kappa shape index (κ1) is 13.1. The predicted octanol–water partition coefficient (Wildman–Crippen LogP) is 2.12. The normalized spacial score (nSPS) is 9.00. The fourth-order valence-electron chi connectivity index (χ4n) is 1.40. The van der Waals surface area contributed by atoms with Crippen molar-refractivity contribution in [3.8, 4) is 12.1 Å². The molecule has 1 rings (SSSR count). The molecule has 0 aliphatic heterocycles. The van der Waals surface area contributed by atoms with Crippen molar-refractivity contribution in [1.82, 2.24) is 5.43 Å². The molecular weight excluding hydrogens is 236 g/mol. The lowest BCUT2D eigenvalue weighted by atomic mass is 10.0. The zero-order chi connectivity index (χ0) is 12.8. The second-order valence-electron chi connectivity index (χ2n) is 3.29. The second kappa shape index (κ2) is 5.91. The number of hydrogen-bond acceptors (Lipinski definition) is 4. The lowest BCUT2D eigenvalue weighted by Crippen LogP contribution is -2.21. The van der Waals surface area contributed by atoms with Gasteiger partial charge in [-0.25, -0.2) is 0 Å². The Kier molecular flexibility index (Phi) is 4.54. The van der Waals surface area contributed by atoms with Crippen molar-refractivity contribution >= 4 is 17.3 Å². The molecule has 0 aliphatic rings. The third-order valence-electron chi connectivity index (χ3n) is 2.33. The summed E-state index contributed by atoms with van der Waals surface area (Å²) in [5, 5.41) is 18.1. The van der Waals surface area contributed by atoms with Crippen LogP contribution in [0, 0.1) is 22.7 Å². The standard InChI is InChI=1S/C12H11ClN4/c1-2-8-3-4-10(11(13)5-8)12(17-16)9(6-14)7-15/h3-5,17H,2,16H2,1H3. The van der Waals surface area contributed by atoms with E-state index < -0.39 is 0 Å². The average molecular weight is 247 g/mol. The van der Waals surface area contributed by atoms with E-state index in [0.29, 0.717) is 10.6 Å². The van der Waals surface area contributed by atoms with Gasteiger partial charge in [0.1, 0.15) is 12.1 Å². The Balaban J connectivity index is 3.39. The van der Waals surface area contributed by atoms with Crippen LogP contribution in [0.1, 0.15) is 18.1 Å². The van der Waals surface area contributed by atoms with E-state index in [1.807, 2.05) is 13.0 Å². The monoisotopic (exact) mass is 246 g/mol. The van der Waals surface area contributed by atoms with Crippen LogP contribution in [0.4, 0.5) is 0 Å². The van der Waals surface area contributed by atoms with Crippen molar-refractivity contribution in [3.05, 3.63) is 39.9 Å². The number of nitriles is 2. The molecule has 1 aromatic rings. The molecule has 0 bridgehead atoms. The van der Waals surface area contributed by atoms with Gasteiger partial charge in [0.2, 0.25) is 0 Å². The van der Waals surface area contributed by atoms with Crippen LogP contribution >= 0.6 is 11.6 Å². The molecule has 4 nitrogen and oxygen atoms in total. The maximum atomic E-state index is 8.81. The number of hydrazine groups is 1. The van der Waals surface area contributed by atoms with E-state index in [1.54, 1.807) is 24.3 Å².